The van der Waals surface area contributed by atoms with Gasteiger partial charge in [0.05, 0.1) is 18.8 Å². The number of nitrogens with one attached hydrogen (secondary N) is 1. The second-order valence-corrected chi connectivity index (χ2v) is 6.48. The number of pyridine rings is 2. The molecule has 1 aromatic carbocycles. The number of ether oxygens (including phenoxy) is 2. The molecule has 0 aliphatic heterocycles. The van der Waals surface area contributed by atoms with E-state index in [-0.39, 0.29) is 12.1 Å². The summed E-state index contributed by atoms with van der Waals surface area (Å²) in [5.41, 5.74) is 1.72. The van der Waals surface area contributed by atoms with Crippen LogP contribution in [0, 0.1) is 0 Å². The van der Waals surface area contributed by atoms with Crippen LogP contribution in [0.4, 0.5) is 4.79 Å². The lowest BCUT2D eigenvalue weighted by Crippen LogP contribution is -2.38. The van der Waals surface area contributed by atoms with Crippen LogP contribution in [-0.2, 0) is 6.54 Å². The molecule has 2 heterocycles. The molecule has 1 N–H and O–H groups in total. The maximum Gasteiger partial charge on any atom is 0.317 e. The number of hydrogen-bond donors (Lipinski definition) is 1. The maximum atomic E-state index is 12.5. The van der Waals surface area contributed by atoms with Gasteiger partial charge < -0.3 is 19.7 Å². The Morgan fingerprint density at radius 2 is 1.83 bits per heavy atom. The molecule has 150 valence electrons. The molecule has 29 heavy (non-hydrogen) atoms. The van der Waals surface area contributed by atoms with Crippen molar-refractivity contribution in [2.45, 2.75) is 19.5 Å². The van der Waals surface area contributed by atoms with E-state index in [1.807, 2.05) is 55.5 Å². The molecule has 7 nitrogen and oxygen atoms in total. The van der Waals surface area contributed by atoms with Crippen LogP contribution >= 0.6 is 0 Å². The molecule has 0 saturated carbocycles. The van der Waals surface area contributed by atoms with Gasteiger partial charge in [-0.2, -0.15) is 0 Å². The SMILES string of the molecule is COc1ccc(Oc2cc(CNC(=O)N(C)C(C)c3ccccn3)ccn2)cc1. The number of urea groups is 1. The Labute approximate surface area is 170 Å². The van der Waals surface area contributed by atoms with Crippen LogP contribution in [0.5, 0.6) is 17.4 Å². The molecule has 7 heteroatoms. The van der Waals surface area contributed by atoms with Gasteiger partial charge in [-0.05, 0) is 55.0 Å². The van der Waals surface area contributed by atoms with Crippen molar-refractivity contribution in [2.75, 3.05) is 14.2 Å². The Hall–Kier alpha value is -3.61. The topological polar surface area (TPSA) is 76.6 Å². The van der Waals surface area contributed by atoms with Crippen LogP contribution < -0.4 is 14.8 Å². The van der Waals surface area contributed by atoms with Crippen LogP contribution in [0.1, 0.15) is 24.2 Å². The molecular formula is C22H24N4O3. The number of rotatable bonds is 7. The minimum Gasteiger partial charge on any atom is -0.497 e. The first kappa shape index (κ1) is 20.1. The van der Waals surface area contributed by atoms with Crippen molar-refractivity contribution < 1.29 is 14.3 Å². The van der Waals surface area contributed by atoms with Gasteiger partial charge >= 0.3 is 6.03 Å². The molecule has 0 bridgehead atoms. The van der Waals surface area contributed by atoms with E-state index in [4.69, 9.17) is 9.47 Å². The summed E-state index contributed by atoms with van der Waals surface area (Å²) in [5, 5.41) is 2.91. The molecule has 0 saturated heterocycles. The van der Waals surface area contributed by atoms with Crippen molar-refractivity contribution in [3.05, 3.63) is 78.2 Å². The van der Waals surface area contributed by atoms with Crippen LogP contribution in [0.25, 0.3) is 0 Å². The molecule has 1 atom stereocenters. The highest BCUT2D eigenvalue weighted by Gasteiger charge is 2.17. The van der Waals surface area contributed by atoms with Crippen LogP contribution in [-0.4, -0.2) is 35.1 Å². The first-order valence-corrected chi connectivity index (χ1v) is 9.25. The van der Waals surface area contributed by atoms with E-state index in [1.54, 1.807) is 37.5 Å². The van der Waals surface area contributed by atoms with Crippen molar-refractivity contribution in [3.8, 4) is 17.4 Å². The third-order valence-corrected chi connectivity index (χ3v) is 4.54. The lowest BCUT2D eigenvalue weighted by Gasteiger charge is -2.24. The molecular weight excluding hydrogens is 368 g/mol. The quantitative estimate of drug-likeness (QED) is 0.653. The predicted octanol–water partition coefficient (Wildman–Crippen LogP) is 4.18. The fraction of sp³-hybridized carbons (Fsp3) is 0.227. The molecule has 3 aromatic rings. The molecule has 2 aromatic heterocycles. The first-order valence-electron chi connectivity index (χ1n) is 9.25. The number of methoxy groups -OCH3 is 1. The van der Waals surface area contributed by atoms with Gasteiger partial charge in [0.25, 0.3) is 0 Å². The summed E-state index contributed by atoms with van der Waals surface area (Å²) in [5.74, 6) is 1.87. The number of carbonyl (C=O) groups excluding carboxylic acids is 1. The Kier molecular flexibility index (Phi) is 6.63. The number of nitrogens with zero attached hydrogens (tertiary/aromatic N) is 3. The van der Waals surface area contributed by atoms with Crippen molar-refractivity contribution in [1.29, 1.82) is 0 Å². The van der Waals surface area contributed by atoms with Gasteiger partial charge in [0.1, 0.15) is 11.5 Å². The van der Waals surface area contributed by atoms with Crippen LogP contribution in [0.3, 0.4) is 0 Å². The number of carbonyl (C=O) groups is 1. The number of aromatic nitrogens is 2. The van der Waals surface area contributed by atoms with E-state index < -0.39 is 0 Å². The summed E-state index contributed by atoms with van der Waals surface area (Å²) < 4.78 is 10.9. The summed E-state index contributed by atoms with van der Waals surface area (Å²) in [6.45, 7) is 2.30. The van der Waals surface area contributed by atoms with Gasteiger partial charge in [-0.15, -0.1) is 0 Å². The number of benzene rings is 1. The van der Waals surface area contributed by atoms with Crippen LogP contribution in [0.2, 0.25) is 0 Å². The minimum atomic E-state index is -0.183. The number of amides is 2. The highest BCUT2D eigenvalue weighted by molar-refractivity contribution is 5.74. The van der Waals surface area contributed by atoms with Crippen molar-refractivity contribution in [2.24, 2.45) is 0 Å². The monoisotopic (exact) mass is 392 g/mol. The summed E-state index contributed by atoms with van der Waals surface area (Å²) in [4.78, 5) is 22.7. The minimum absolute atomic E-state index is 0.136. The van der Waals surface area contributed by atoms with Gasteiger partial charge in [-0.3, -0.25) is 4.98 Å². The van der Waals surface area contributed by atoms with E-state index in [0.29, 0.717) is 18.2 Å². The summed E-state index contributed by atoms with van der Waals surface area (Å²) in [7, 11) is 3.36. The van der Waals surface area contributed by atoms with Gasteiger partial charge in [0.15, 0.2) is 0 Å². The van der Waals surface area contributed by atoms with Gasteiger partial charge in [-0.1, -0.05) is 6.07 Å². The van der Waals surface area contributed by atoms with E-state index >= 15 is 0 Å². The van der Waals surface area contributed by atoms with E-state index in [2.05, 4.69) is 15.3 Å². The average Bonchev–Trinajstić information content (AvgIpc) is 2.78. The molecule has 0 spiro atoms. The summed E-state index contributed by atoms with van der Waals surface area (Å²) >= 11 is 0. The summed E-state index contributed by atoms with van der Waals surface area (Å²) in [6.07, 6.45) is 3.37. The molecule has 0 radical (unpaired) electrons. The van der Waals surface area contributed by atoms with Gasteiger partial charge in [-0.25, -0.2) is 9.78 Å². The highest BCUT2D eigenvalue weighted by atomic mass is 16.5. The third-order valence-electron chi connectivity index (χ3n) is 4.54. The maximum absolute atomic E-state index is 12.5. The fourth-order valence-corrected chi connectivity index (χ4v) is 2.68. The third kappa shape index (κ3) is 5.44. The van der Waals surface area contributed by atoms with E-state index in [9.17, 15) is 4.79 Å². The van der Waals surface area contributed by atoms with Crippen molar-refractivity contribution in [1.82, 2.24) is 20.2 Å². The lowest BCUT2D eigenvalue weighted by atomic mass is 10.2. The Balaban J connectivity index is 1.57. The Morgan fingerprint density at radius 3 is 2.52 bits per heavy atom. The van der Waals surface area contributed by atoms with Crippen LogP contribution in [0.15, 0.2) is 67.0 Å². The zero-order valence-corrected chi connectivity index (χ0v) is 16.7. The van der Waals surface area contributed by atoms with E-state index in [0.717, 1.165) is 17.0 Å². The molecule has 1 unspecified atom stereocenters. The first-order chi connectivity index (χ1) is 14.1. The highest BCUT2D eigenvalue weighted by Crippen LogP contribution is 2.23. The second-order valence-electron chi connectivity index (χ2n) is 6.48. The largest absolute Gasteiger partial charge is 0.497 e. The lowest BCUT2D eigenvalue weighted by molar-refractivity contribution is 0.193. The van der Waals surface area contributed by atoms with Gasteiger partial charge in [0, 0.05) is 32.1 Å². The van der Waals surface area contributed by atoms with Gasteiger partial charge in [0.2, 0.25) is 5.88 Å². The molecule has 0 aliphatic rings. The zero-order chi connectivity index (χ0) is 20.6. The van der Waals surface area contributed by atoms with Crippen molar-refractivity contribution >= 4 is 6.03 Å². The average molecular weight is 392 g/mol. The molecule has 3 rings (SSSR count). The molecule has 0 fully saturated rings. The zero-order valence-electron chi connectivity index (χ0n) is 16.7. The van der Waals surface area contributed by atoms with Crippen molar-refractivity contribution in [3.63, 3.8) is 0 Å². The molecule has 2 amide bonds. The normalized spacial score (nSPS) is 11.4. The summed E-state index contributed by atoms with van der Waals surface area (Å²) in [6, 6.07) is 16.2. The van der Waals surface area contributed by atoms with E-state index in [1.165, 1.54) is 0 Å². The number of hydrogen-bond acceptors (Lipinski definition) is 5. The second kappa shape index (κ2) is 9.54. The Morgan fingerprint density at radius 1 is 1.07 bits per heavy atom. The predicted molar refractivity (Wildman–Crippen MR) is 110 cm³/mol. The standard InChI is InChI=1S/C22H24N4O3/c1-16(20-6-4-5-12-23-20)26(2)22(27)25-15-17-11-13-24-21(14-17)29-19-9-7-18(28-3)8-10-19/h4-14,16H,15H2,1-3H3,(H,25,27). The Bertz CT molecular complexity index is 932. The smallest absolute Gasteiger partial charge is 0.317 e. The molecule has 0 aliphatic carbocycles. The fourth-order valence-electron chi connectivity index (χ4n) is 2.68.